The summed E-state index contributed by atoms with van der Waals surface area (Å²) in [6.07, 6.45) is 3.37. The maximum absolute atomic E-state index is 5.05. The molecule has 0 aliphatic carbocycles. The lowest BCUT2D eigenvalue weighted by Crippen LogP contribution is -2.35. The number of hydrogen-bond acceptors (Lipinski definition) is 4. The molecule has 1 aliphatic heterocycles. The highest BCUT2D eigenvalue weighted by molar-refractivity contribution is 7.18. The van der Waals surface area contributed by atoms with E-state index in [0.29, 0.717) is 0 Å². The Bertz CT molecular complexity index is 885. The zero-order valence-electron chi connectivity index (χ0n) is 15.2. The highest BCUT2D eigenvalue weighted by Gasteiger charge is 2.23. The van der Waals surface area contributed by atoms with Crippen LogP contribution in [0.3, 0.4) is 0 Å². The summed E-state index contributed by atoms with van der Waals surface area (Å²) < 4.78 is 0. The number of rotatable bonds is 3. The summed E-state index contributed by atoms with van der Waals surface area (Å²) >= 11 is 1.80. The minimum Gasteiger partial charge on any atom is -0.356 e. The van der Waals surface area contributed by atoms with Gasteiger partial charge >= 0.3 is 0 Å². The molecule has 130 valence electrons. The number of hydrogen-bond donors (Lipinski definition) is 0. The molecule has 0 spiro atoms. The Balaban J connectivity index is 1.80. The van der Waals surface area contributed by atoms with Crippen molar-refractivity contribution in [3.63, 3.8) is 0 Å². The Labute approximate surface area is 153 Å². The van der Waals surface area contributed by atoms with Crippen molar-refractivity contribution in [1.82, 2.24) is 9.97 Å². The van der Waals surface area contributed by atoms with E-state index in [1.165, 1.54) is 34.2 Å². The summed E-state index contributed by atoms with van der Waals surface area (Å²) in [5.74, 6) is 2.83. The van der Waals surface area contributed by atoms with Gasteiger partial charge in [-0.2, -0.15) is 0 Å². The molecule has 1 aliphatic rings. The third kappa shape index (κ3) is 3.28. The molecule has 0 amide bonds. The van der Waals surface area contributed by atoms with Crippen LogP contribution in [0.4, 0.5) is 5.82 Å². The van der Waals surface area contributed by atoms with Crippen LogP contribution in [-0.2, 0) is 6.42 Å². The van der Waals surface area contributed by atoms with Gasteiger partial charge in [-0.25, -0.2) is 9.97 Å². The lowest BCUT2D eigenvalue weighted by atomic mass is 10.00. The predicted molar refractivity (Wildman–Crippen MR) is 107 cm³/mol. The van der Waals surface area contributed by atoms with Crippen LogP contribution in [0.1, 0.15) is 41.6 Å². The van der Waals surface area contributed by atoms with Crippen LogP contribution < -0.4 is 4.90 Å². The molecule has 1 atom stereocenters. The highest BCUT2D eigenvalue weighted by Crippen LogP contribution is 2.36. The van der Waals surface area contributed by atoms with E-state index < -0.39 is 0 Å². The second kappa shape index (κ2) is 6.75. The molecule has 2 aromatic heterocycles. The molecule has 25 heavy (non-hydrogen) atoms. The van der Waals surface area contributed by atoms with Gasteiger partial charge in [0.15, 0.2) is 0 Å². The highest BCUT2D eigenvalue weighted by atomic mass is 32.1. The molecule has 3 heterocycles. The molecule has 4 heteroatoms. The average Bonchev–Trinajstić information content (AvgIpc) is 2.89. The van der Waals surface area contributed by atoms with Gasteiger partial charge in [0.1, 0.15) is 16.5 Å². The van der Waals surface area contributed by atoms with E-state index in [4.69, 9.17) is 9.97 Å². The second-order valence-corrected chi connectivity index (χ2v) is 8.49. The molecule has 4 rings (SSSR count). The minimum atomic E-state index is 0.733. The lowest BCUT2D eigenvalue weighted by Gasteiger charge is -2.32. The van der Waals surface area contributed by atoms with Gasteiger partial charge in [-0.3, -0.25) is 0 Å². The molecule has 0 radical (unpaired) electrons. The maximum atomic E-state index is 5.05. The van der Waals surface area contributed by atoms with Crippen molar-refractivity contribution in [2.45, 2.75) is 40.0 Å². The summed E-state index contributed by atoms with van der Waals surface area (Å²) in [5, 5.41) is 1.27. The van der Waals surface area contributed by atoms with E-state index in [0.717, 1.165) is 41.9 Å². The number of fused-ring (bicyclic) bond motifs is 1. The fraction of sp³-hybridized carbons (Fsp3) is 0.429. The van der Waals surface area contributed by atoms with Crippen molar-refractivity contribution in [2.24, 2.45) is 5.92 Å². The largest absolute Gasteiger partial charge is 0.356 e. The Morgan fingerprint density at radius 3 is 2.72 bits per heavy atom. The van der Waals surface area contributed by atoms with Crippen LogP contribution in [0.2, 0.25) is 0 Å². The van der Waals surface area contributed by atoms with Crippen molar-refractivity contribution in [1.29, 1.82) is 0 Å². The number of benzene rings is 1. The third-order valence-electron chi connectivity index (χ3n) is 5.22. The van der Waals surface area contributed by atoms with E-state index in [9.17, 15) is 0 Å². The van der Waals surface area contributed by atoms with Crippen molar-refractivity contribution in [3.05, 3.63) is 52.2 Å². The fourth-order valence-corrected chi connectivity index (χ4v) is 4.78. The van der Waals surface area contributed by atoms with Crippen molar-refractivity contribution in [2.75, 3.05) is 18.0 Å². The molecule has 1 aromatic carbocycles. The van der Waals surface area contributed by atoms with Crippen LogP contribution in [-0.4, -0.2) is 23.1 Å². The number of anilines is 1. The van der Waals surface area contributed by atoms with Crippen molar-refractivity contribution < 1.29 is 0 Å². The Kier molecular flexibility index (Phi) is 4.46. The molecule has 3 aromatic rings. The van der Waals surface area contributed by atoms with Gasteiger partial charge in [-0.1, -0.05) is 37.3 Å². The molecule has 1 saturated heterocycles. The van der Waals surface area contributed by atoms with Gasteiger partial charge in [0.2, 0.25) is 0 Å². The lowest BCUT2D eigenvalue weighted by molar-refractivity contribution is 0.445. The summed E-state index contributed by atoms with van der Waals surface area (Å²) in [4.78, 5) is 14.9. The standard InChI is InChI=1S/C21H25N3S/c1-14-8-7-11-24(13-14)20-19-15(2)16(3)25-21(19)23-18(22-20)12-17-9-5-4-6-10-17/h4-6,9-10,14H,7-8,11-13H2,1-3H3. The molecular weight excluding hydrogens is 326 g/mol. The van der Waals surface area contributed by atoms with Crippen LogP contribution in [0.25, 0.3) is 10.2 Å². The van der Waals surface area contributed by atoms with Gasteiger partial charge in [0, 0.05) is 24.4 Å². The summed E-state index contributed by atoms with van der Waals surface area (Å²) in [7, 11) is 0. The van der Waals surface area contributed by atoms with Crippen molar-refractivity contribution in [3.8, 4) is 0 Å². The zero-order valence-corrected chi connectivity index (χ0v) is 16.1. The Morgan fingerprint density at radius 1 is 1.16 bits per heavy atom. The maximum Gasteiger partial charge on any atom is 0.141 e. The number of aryl methyl sites for hydroxylation is 2. The first-order valence-electron chi connectivity index (χ1n) is 9.17. The van der Waals surface area contributed by atoms with Crippen LogP contribution in [0, 0.1) is 19.8 Å². The van der Waals surface area contributed by atoms with E-state index in [1.807, 2.05) is 0 Å². The van der Waals surface area contributed by atoms with Gasteiger partial charge < -0.3 is 4.90 Å². The van der Waals surface area contributed by atoms with Crippen LogP contribution in [0.15, 0.2) is 30.3 Å². The second-order valence-electron chi connectivity index (χ2n) is 7.28. The molecular formula is C21H25N3S. The normalized spacial score (nSPS) is 18.0. The predicted octanol–water partition coefficient (Wildman–Crippen LogP) is 5.14. The number of aromatic nitrogens is 2. The summed E-state index contributed by atoms with van der Waals surface area (Å²) in [6.45, 7) is 8.97. The number of piperidine rings is 1. The molecule has 3 nitrogen and oxygen atoms in total. The van der Waals surface area contributed by atoms with Gasteiger partial charge in [-0.05, 0) is 43.7 Å². The van der Waals surface area contributed by atoms with Gasteiger partial charge in [-0.15, -0.1) is 11.3 Å². The van der Waals surface area contributed by atoms with Gasteiger partial charge in [0.25, 0.3) is 0 Å². The van der Waals surface area contributed by atoms with E-state index in [1.54, 1.807) is 11.3 Å². The zero-order chi connectivity index (χ0) is 17.4. The molecule has 1 fully saturated rings. The molecule has 0 bridgehead atoms. The SMILES string of the molecule is Cc1sc2nc(Cc3ccccc3)nc(N3CCCC(C)C3)c2c1C. The first-order chi connectivity index (χ1) is 12.1. The first-order valence-corrected chi connectivity index (χ1v) is 9.99. The quantitative estimate of drug-likeness (QED) is 0.654. The molecule has 1 unspecified atom stereocenters. The smallest absolute Gasteiger partial charge is 0.141 e. The van der Waals surface area contributed by atoms with Crippen molar-refractivity contribution >= 4 is 27.4 Å². The van der Waals surface area contributed by atoms with Crippen LogP contribution in [0.5, 0.6) is 0 Å². The van der Waals surface area contributed by atoms with E-state index in [2.05, 4.69) is 56.0 Å². The van der Waals surface area contributed by atoms with Crippen LogP contribution >= 0.6 is 11.3 Å². The van der Waals surface area contributed by atoms with E-state index in [-0.39, 0.29) is 0 Å². The Morgan fingerprint density at radius 2 is 1.96 bits per heavy atom. The third-order valence-corrected chi connectivity index (χ3v) is 6.32. The Hall–Kier alpha value is -1.94. The first kappa shape index (κ1) is 16.5. The topological polar surface area (TPSA) is 29.0 Å². The van der Waals surface area contributed by atoms with E-state index >= 15 is 0 Å². The molecule has 0 saturated carbocycles. The minimum absolute atomic E-state index is 0.733. The molecule has 0 N–H and O–H groups in total. The fourth-order valence-electron chi connectivity index (χ4n) is 3.74. The number of thiophene rings is 1. The summed E-state index contributed by atoms with van der Waals surface area (Å²) in [5.41, 5.74) is 2.62. The monoisotopic (exact) mass is 351 g/mol. The summed E-state index contributed by atoms with van der Waals surface area (Å²) in [6, 6.07) is 10.5. The number of nitrogens with zero attached hydrogens (tertiary/aromatic N) is 3. The van der Waals surface area contributed by atoms with Gasteiger partial charge in [0.05, 0.1) is 5.39 Å². The average molecular weight is 352 g/mol.